The second-order valence-electron chi connectivity index (χ2n) is 6.98. The fraction of sp³-hybridized carbons (Fsp3) is 0.368. The van der Waals surface area contributed by atoms with E-state index in [1.54, 1.807) is 23.1 Å². The van der Waals surface area contributed by atoms with Crippen molar-refractivity contribution in [2.45, 2.75) is 31.2 Å². The summed E-state index contributed by atoms with van der Waals surface area (Å²) in [5.41, 5.74) is 1.24. The van der Waals surface area contributed by atoms with Gasteiger partial charge in [0.1, 0.15) is 11.4 Å². The van der Waals surface area contributed by atoms with Gasteiger partial charge in [0.25, 0.3) is 5.91 Å². The number of nitrogens with one attached hydrogen (secondary N) is 1. The Kier molecular flexibility index (Phi) is 4.49. The fourth-order valence-corrected chi connectivity index (χ4v) is 3.57. The lowest BCUT2D eigenvalue weighted by atomic mass is 9.98. The van der Waals surface area contributed by atoms with Crippen LogP contribution in [0.2, 0.25) is 0 Å². The number of anilines is 2. The molecule has 0 unspecified atom stereocenters. The van der Waals surface area contributed by atoms with Crippen LogP contribution in [-0.4, -0.2) is 49.8 Å². The molecule has 0 atom stereocenters. The van der Waals surface area contributed by atoms with Gasteiger partial charge in [-0.05, 0) is 31.0 Å². The van der Waals surface area contributed by atoms with E-state index in [4.69, 9.17) is 0 Å². The summed E-state index contributed by atoms with van der Waals surface area (Å²) in [4.78, 5) is 23.5. The van der Waals surface area contributed by atoms with Crippen LogP contribution in [0, 0.1) is 0 Å². The van der Waals surface area contributed by atoms with Crippen LogP contribution in [-0.2, 0) is 0 Å². The molecule has 3 aromatic rings. The normalized spacial score (nSPS) is 15.8. The van der Waals surface area contributed by atoms with E-state index in [1.807, 2.05) is 30.1 Å². The molecular formula is C19H22N6O2. The standard InChI is InChI=1S/C19H22N6O2/c1-24(14-5-4-9-20-11-14)16-6-10-25-17(22-16)15(12-21-25)18(27)23-19(13-26)7-2-3-8-19/h4-6,9-12,26H,2-3,7-8,13H2,1H3,(H,23,27). The zero-order valence-electron chi connectivity index (χ0n) is 15.2. The summed E-state index contributed by atoms with van der Waals surface area (Å²) in [5, 5.41) is 17.0. The van der Waals surface area contributed by atoms with Crippen LogP contribution in [0.25, 0.3) is 5.65 Å². The Morgan fingerprint density at radius 1 is 1.33 bits per heavy atom. The molecule has 0 aliphatic heterocycles. The van der Waals surface area contributed by atoms with Gasteiger partial charge in [-0.15, -0.1) is 0 Å². The van der Waals surface area contributed by atoms with Gasteiger partial charge in [0.15, 0.2) is 5.65 Å². The number of carbonyl (C=O) groups is 1. The van der Waals surface area contributed by atoms with Gasteiger partial charge in [0.05, 0.1) is 30.2 Å². The lowest BCUT2D eigenvalue weighted by Crippen LogP contribution is -2.49. The van der Waals surface area contributed by atoms with Gasteiger partial charge < -0.3 is 15.3 Å². The topological polar surface area (TPSA) is 95.7 Å². The molecule has 0 saturated heterocycles. The number of hydrogen-bond acceptors (Lipinski definition) is 6. The Hall–Kier alpha value is -3.00. The lowest BCUT2D eigenvalue weighted by molar-refractivity contribution is 0.0840. The van der Waals surface area contributed by atoms with E-state index >= 15 is 0 Å². The summed E-state index contributed by atoms with van der Waals surface area (Å²) in [5.74, 6) is 0.428. The highest BCUT2D eigenvalue weighted by atomic mass is 16.3. The monoisotopic (exact) mass is 366 g/mol. The SMILES string of the molecule is CN(c1cccnc1)c1ccn2ncc(C(=O)NC3(CO)CCCC3)c2n1. The molecule has 27 heavy (non-hydrogen) atoms. The number of rotatable bonds is 5. The molecule has 2 N–H and O–H groups in total. The molecule has 0 bridgehead atoms. The van der Waals surface area contributed by atoms with Gasteiger partial charge in [-0.2, -0.15) is 5.10 Å². The van der Waals surface area contributed by atoms with E-state index in [0.717, 1.165) is 31.4 Å². The number of aliphatic hydroxyl groups excluding tert-OH is 1. The molecule has 1 aliphatic rings. The molecule has 1 saturated carbocycles. The third kappa shape index (κ3) is 3.23. The van der Waals surface area contributed by atoms with Gasteiger partial charge in [0, 0.05) is 19.4 Å². The second-order valence-corrected chi connectivity index (χ2v) is 6.98. The quantitative estimate of drug-likeness (QED) is 0.716. The van der Waals surface area contributed by atoms with E-state index in [1.165, 1.54) is 6.20 Å². The number of amides is 1. The molecule has 140 valence electrons. The molecule has 0 aromatic carbocycles. The summed E-state index contributed by atoms with van der Waals surface area (Å²) in [7, 11) is 1.89. The van der Waals surface area contributed by atoms with Crippen LogP contribution in [0.1, 0.15) is 36.0 Å². The third-order valence-electron chi connectivity index (χ3n) is 5.22. The van der Waals surface area contributed by atoms with E-state index < -0.39 is 5.54 Å². The van der Waals surface area contributed by atoms with Crippen LogP contribution in [0.4, 0.5) is 11.5 Å². The van der Waals surface area contributed by atoms with Gasteiger partial charge in [-0.3, -0.25) is 9.78 Å². The van der Waals surface area contributed by atoms with E-state index in [-0.39, 0.29) is 12.5 Å². The Bertz CT molecular complexity index is 949. The van der Waals surface area contributed by atoms with Gasteiger partial charge in [0.2, 0.25) is 0 Å². The molecule has 4 rings (SSSR count). The number of fused-ring (bicyclic) bond motifs is 1. The fourth-order valence-electron chi connectivity index (χ4n) is 3.57. The average molecular weight is 366 g/mol. The first-order valence-electron chi connectivity index (χ1n) is 9.03. The minimum Gasteiger partial charge on any atom is -0.394 e. The summed E-state index contributed by atoms with van der Waals surface area (Å²) < 4.78 is 1.58. The van der Waals surface area contributed by atoms with Crippen molar-refractivity contribution in [3.63, 3.8) is 0 Å². The zero-order valence-corrected chi connectivity index (χ0v) is 15.2. The van der Waals surface area contributed by atoms with Crippen molar-refractivity contribution < 1.29 is 9.90 Å². The smallest absolute Gasteiger partial charge is 0.257 e. The number of pyridine rings is 1. The molecule has 8 nitrogen and oxygen atoms in total. The molecule has 8 heteroatoms. The number of aliphatic hydroxyl groups is 1. The third-order valence-corrected chi connectivity index (χ3v) is 5.22. The van der Waals surface area contributed by atoms with Crippen molar-refractivity contribution in [3.8, 4) is 0 Å². The second kappa shape index (κ2) is 6.96. The summed E-state index contributed by atoms with van der Waals surface area (Å²) in [6.45, 7) is -0.0552. The number of hydrogen-bond donors (Lipinski definition) is 2. The molecule has 3 aromatic heterocycles. The van der Waals surface area contributed by atoms with Crippen molar-refractivity contribution in [2.24, 2.45) is 0 Å². The van der Waals surface area contributed by atoms with Crippen molar-refractivity contribution in [3.05, 3.63) is 48.5 Å². The van der Waals surface area contributed by atoms with E-state index in [9.17, 15) is 9.90 Å². The predicted molar refractivity (Wildman–Crippen MR) is 101 cm³/mol. The van der Waals surface area contributed by atoms with Gasteiger partial charge in [-0.1, -0.05) is 12.8 Å². The Balaban J connectivity index is 1.65. The first-order valence-corrected chi connectivity index (χ1v) is 9.03. The number of nitrogens with zero attached hydrogens (tertiary/aromatic N) is 5. The molecule has 0 radical (unpaired) electrons. The molecule has 1 fully saturated rings. The first kappa shape index (κ1) is 17.4. The van der Waals surface area contributed by atoms with Crippen molar-refractivity contribution in [1.82, 2.24) is 24.9 Å². The first-order chi connectivity index (χ1) is 13.1. The maximum Gasteiger partial charge on any atom is 0.257 e. The number of carbonyl (C=O) groups excluding carboxylic acids is 1. The highest BCUT2D eigenvalue weighted by Gasteiger charge is 2.35. The molecule has 3 heterocycles. The summed E-state index contributed by atoms with van der Waals surface area (Å²) in [6.07, 6.45) is 10.4. The Morgan fingerprint density at radius 2 is 2.15 bits per heavy atom. The van der Waals surface area contributed by atoms with Crippen LogP contribution in [0.3, 0.4) is 0 Å². The molecule has 1 aliphatic carbocycles. The van der Waals surface area contributed by atoms with Crippen LogP contribution < -0.4 is 10.2 Å². The van der Waals surface area contributed by atoms with Crippen molar-refractivity contribution in [2.75, 3.05) is 18.6 Å². The van der Waals surface area contributed by atoms with E-state index in [0.29, 0.717) is 17.0 Å². The summed E-state index contributed by atoms with van der Waals surface area (Å²) in [6, 6.07) is 5.63. The van der Waals surface area contributed by atoms with E-state index in [2.05, 4.69) is 20.4 Å². The minimum absolute atomic E-state index is 0.0552. The highest BCUT2D eigenvalue weighted by Crippen LogP contribution is 2.30. The van der Waals surface area contributed by atoms with Crippen LogP contribution in [0.15, 0.2) is 43.0 Å². The van der Waals surface area contributed by atoms with Crippen LogP contribution >= 0.6 is 0 Å². The minimum atomic E-state index is -0.532. The molecule has 0 spiro atoms. The number of aromatic nitrogens is 4. The average Bonchev–Trinajstić information content (AvgIpc) is 3.35. The van der Waals surface area contributed by atoms with Crippen molar-refractivity contribution >= 4 is 23.1 Å². The van der Waals surface area contributed by atoms with Crippen molar-refractivity contribution in [1.29, 1.82) is 0 Å². The summed E-state index contributed by atoms with van der Waals surface area (Å²) >= 11 is 0. The Labute approximate surface area is 156 Å². The largest absolute Gasteiger partial charge is 0.394 e. The lowest BCUT2D eigenvalue weighted by Gasteiger charge is -2.27. The predicted octanol–water partition coefficient (Wildman–Crippen LogP) is 1.93. The highest BCUT2D eigenvalue weighted by molar-refractivity contribution is 6.00. The van der Waals surface area contributed by atoms with Gasteiger partial charge in [-0.25, -0.2) is 9.50 Å². The molecular weight excluding hydrogens is 344 g/mol. The van der Waals surface area contributed by atoms with Crippen LogP contribution in [0.5, 0.6) is 0 Å². The zero-order chi connectivity index (χ0) is 18.9. The molecule has 1 amide bonds. The maximum absolute atomic E-state index is 12.9. The van der Waals surface area contributed by atoms with Gasteiger partial charge >= 0.3 is 0 Å². The maximum atomic E-state index is 12.9. The Morgan fingerprint density at radius 3 is 2.85 bits per heavy atom.